The van der Waals surface area contributed by atoms with Crippen molar-refractivity contribution in [1.82, 2.24) is 4.98 Å². The van der Waals surface area contributed by atoms with Crippen LogP contribution in [-0.2, 0) is 0 Å². The highest BCUT2D eigenvalue weighted by molar-refractivity contribution is 5.97. The largest absolute Gasteiger partial charge is 0.489 e. The van der Waals surface area contributed by atoms with E-state index in [1.807, 2.05) is 19.9 Å². The number of carbonyl (C=O) groups is 1. The van der Waals surface area contributed by atoms with Gasteiger partial charge in [0, 0.05) is 17.7 Å². The summed E-state index contributed by atoms with van der Waals surface area (Å²) in [5.41, 5.74) is 0.668. The van der Waals surface area contributed by atoms with E-state index in [2.05, 4.69) is 18.8 Å². The van der Waals surface area contributed by atoms with Crippen LogP contribution in [-0.4, -0.2) is 16.9 Å². The number of Topliss-reactive ketones (excluding diaryl/α,β-unsaturated/α-hetero) is 1. The van der Waals surface area contributed by atoms with Crippen LogP contribution in [0.4, 0.5) is 0 Å². The number of carbonyl (C=O) groups excluding carboxylic acids is 1. The molecule has 1 rings (SSSR count). The fourth-order valence-electron chi connectivity index (χ4n) is 2.10. The second kappa shape index (κ2) is 7.93. The molecule has 0 aliphatic heterocycles. The average molecular weight is 263 g/mol. The van der Waals surface area contributed by atoms with Crippen LogP contribution in [0.2, 0.25) is 0 Å². The summed E-state index contributed by atoms with van der Waals surface area (Å²) in [6, 6.07) is 1.81. The zero-order valence-corrected chi connectivity index (χ0v) is 12.5. The monoisotopic (exact) mass is 263 g/mol. The van der Waals surface area contributed by atoms with E-state index in [9.17, 15) is 4.79 Å². The summed E-state index contributed by atoms with van der Waals surface area (Å²) in [5.74, 6) is 0.972. The predicted octanol–water partition coefficient (Wildman–Crippen LogP) is 4.27. The van der Waals surface area contributed by atoms with Crippen LogP contribution >= 0.6 is 0 Å². The van der Waals surface area contributed by atoms with Crippen LogP contribution in [0.3, 0.4) is 0 Å². The smallest absolute Gasteiger partial charge is 0.167 e. The molecule has 1 heterocycles. The first kappa shape index (κ1) is 15.7. The lowest BCUT2D eigenvalue weighted by Gasteiger charge is -2.14. The molecule has 0 saturated heterocycles. The maximum absolute atomic E-state index is 12.4. The summed E-state index contributed by atoms with van der Waals surface area (Å²) >= 11 is 0. The van der Waals surface area contributed by atoms with Gasteiger partial charge in [0.1, 0.15) is 5.75 Å². The Morgan fingerprint density at radius 3 is 2.63 bits per heavy atom. The van der Waals surface area contributed by atoms with E-state index in [1.54, 1.807) is 12.4 Å². The van der Waals surface area contributed by atoms with E-state index in [0.717, 1.165) is 25.7 Å². The molecule has 3 heteroatoms. The van der Waals surface area contributed by atoms with Crippen LogP contribution in [0, 0.1) is 5.92 Å². The molecular weight excluding hydrogens is 238 g/mol. The molecule has 0 saturated carbocycles. The highest BCUT2D eigenvalue weighted by Crippen LogP contribution is 2.21. The van der Waals surface area contributed by atoms with Crippen LogP contribution in [0.1, 0.15) is 63.7 Å². The van der Waals surface area contributed by atoms with E-state index < -0.39 is 0 Å². The van der Waals surface area contributed by atoms with Crippen molar-refractivity contribution >= 4 is 5.78 Å². The lowest BCUT2D eigenvalue weighted by atomic mass is 9.91. The van der Waals surface area contributed by atoms with Crippen molar-refractivity contribution in [3.63, 3.8) is 0 Å². The molecule has 0 aliphatic rings. The number of rotatable bonds is 8. The van der Waals surface area contributed by atoms with Crippen molar-refractivity contribution in [3.8, 4) is 5.75 Å². The van der Waals surface area contributed by atoms with Crippen LogP contribution in [0.25, 0.3) is 0 Å². The summed E-state index contributed by atoms with van der Waals surface area (Å²) in [6.45, 7) is 8.14. The van der Waals surface area contributed by atoms with Gasteiger partial charge >= 0.3 is 0 Å². The van der Waals surface area contributed by atoms with Crippen molar-refractivity contribution < 1.29 is 9.53 Å². The first-order chi connectivity index (χ1) is 9.08. The quantitative estimate of drug-likeness (QED) is 0.657. The Balaban J connectivity index is 2.79. The zero-order chi connectivity index (χ0) is 14.3. The van der Waals surface area contributed by atoms with E-state index >= 15 is 0 Å². The molecule has 1 atom stereocenters. The van der Waals surface area contributed by atoms with Crippen LogP contribution in [0.5, 0.6) is 5.75 Å². The molecule has 0 radical (unpaired) electrons. The van der Waals surface area contributed by atoms with Crippen molar-refractivity contribution in [2.24, 2.45) is 5.92 Å². The molecule has 0 aromatic carbocycles. The van der Waals surface area contributed by atoms with Gasteiger partial charge in [0.2, 0.25) is 0 Å². The van der Waals surface area contributed by atoms with Gasteiger partial charge in [-0.3, -0.25) is 9.78 Å². The van der Waals surface area contributed by atoms with Gasteiger partial charge in [-0.1, -0.05) is 26.7 Å². The molecule has 19 heavy (non-hydrogen) atoms. The topological polar surface area (TPSA) is 39.2 Å². The third-order valence-electron chi connectivity index (χ3n) is 3.14. The third kappa shape index (κ3) is 5.01. The summed E-state index contributed by atoms with van der Waals surface area (Å²) < 4.78 is 5.58. The lowest BCUT2D eigenvalue weighted by Crippen LogP contribution is -2.15. The van der Waals surface area contributed by atoms with E-state index in [4.69, 9.17) is 4.74 Å². The van der Waals surface area contributed by atoms with Gasteiger partial charge in [-0.15, -0.1) is 0 Å². The number of unbranched alkanes of at least 4 members (excludes halogenated alkanes) is 1. The number of nitrogens with zero attached hydrogens (tertiary/aromatic N) is 1. The van der Waals surface area contributed by atoms with Gasteiger partial charge in [0.05, 0.1) is 12.3 Å². The van der Waals surface area contributed by atoms with Crippen molar-refractivity contribution in [3.05, 3.63) is 24.0 Å². The molecule has 1 unspecified atom stereocenters. The minimum absolute atomic E-state index is 0.0919. The highest BCUT2D eigenvalue weighted by Gasteiger charge is 2.18. The van der Waals surface area contributed by atoms with E-state index in [1.165, 1.54) is 0 Å². The number of hydrogen-bond acceptors (Lipinski definition) is 3. The Morgan fingerprint density at radius 2 is 2.05 bits per heavy atom. The molecule has 1 aromatic heterocycles. The molecule has 3 nitrogen and oxygen atoms in total. The Labute approximate surface area is 116 Å². The number of hydrogen-bond donors (Lipinski definition) is 0. The van der Waals surface area contributed by atoms with Crippen molar-refractivity contribution in [2.75, 3.05) is 0 Å². The first-order valence-electron chi connectivity index (χ1n) is 7.24. The Hall–Kier alpha value is -1.38. The number of pyridine rings is 1. The molecule has 0 amide bonds. The van der Waals surface area contributed by atoms with Gasteiger partial charge in [-0.05, 0) is 32.8 Å². The Bertz CT molecular complexity index is 401. The molecule has 0 N–H and O–H groups in total. The maximum Gasteiger partial charge on any atom is 0.167 e. The Kier molecular flexibility index (Phi) is 6.54. The van der Waals surface area contributed by atoms with Gasteiger partial charge in [0.25, 0.3) is 0 Å². The molecule has 0 fully saturated rings. The van der Waals surface area contributed by atoms with Gasteiger partial charge in [-0.2, -0.15) is 0 Å². The van der Waals surface area contributed by atoms with Gasteiger partial charge < -0.3 is 4.74 Å². The fraction of sp³-hybridized carbons (Fsp3) is 0.625. The summed E-state index contributed by atoms with van der Waals surface area (Å²) in [5, 5.41) is 0. The molecule has 0 spiro atoms. The van der Waals surface area contributed by atoms with Crippen LogP contribution < -0.4 is 4.74 Å². The number of aromatic nitrogens is 1. The standard InChI is InChI=1S/C16H25NO2/c1-5-7-8-13(6-2)16(18)14-9-15(11-17-10-14)19-12(3)4/h9-13H,5-8H2,1-4H3. The Morgan fingerprint density at radius 1 is 1.32 bits per heavy atom. The minimum atomic E-state index is 0.0919. The summed E-state index contributed by atoms with van der Waals surface area (Å²) in [6.07, 6.45) is 7.45. The molecule has 1 aromatic rings. The normalized spacial score (nSPS) is 12.5. The molecule has 0 bridgehead atoms. The molecular formula is C16H25NO2. The molecule has 0 aliphatic carbocycles. The lowest BCUT2D eigenvalue weighted by molar-refractivity contribution is 0.0907. The number of ketones is 1. The van der Waals surface area contributed by atoms with Crippen molar-refractivity contribution in [2.45, 2.75) is 59.5 Å². The summed E-state index contributed by atoms with van der Waals surface area (Å²) in [7, 11) is 0. The highest BCUT2D eigenvalue weighted by atomic mass is 16.5. The third-order valence-corrected chi connectivity index (χ3v) is 3.14. The van der Waals surface area contributed by atoms with Crippen molar-refractivity contribution in [1.29, 1.82) is 0 Å². The van der Waals surface area contributed by atoms with E-state index in [-0.39, 0.29) is 17.8 Å². The van der Waals surface area contributed by atoms with Gasteiger partial charge in [0.15, 0.2) is 5.78 Å². The van der Waals surface area contributed by atoms with Crippen LogP contribution in [0.15, 0.2) is 18.5 Å². The molecule has 106 valence electrons. The minimum Gasteiger partial charge on any atom is -0.489 e. The predicted molar refractivity (Wildman–Crippen MR) is 77.6 cm³/mol. The second-order valence-electron chi connectivity index (χ2n) is 5.19. The van der Waals surface area contributed by atoms with Gasteiger partial charge in [-0.25, -0.2) is 0 Å². The van der Waals surface area contributed by atoms with E-state index in [0.29, 0.717) is 11.3 Å². The summed E-state index contributed by atoms with van der Waals surface area (Å²) in [4.78, 5) is 16.5. The average Bonchev–Trinajstić information content (AvgIpc) is 2.39. The number of ether oxygens (including phenoxy) is 1. The maximum atomic E-state index is 12.4. The zero-order valence-electron chi connectivity index (χ0n) is 12.5. The first-order valence-corrected chi connectivity index (χ1v) is 7.24. The SMILES string of the molecule is CCCCC(CC)C(=O)c1cncc(OC(C)C)c1. The fourth-order valence-corrected chi connectivity index (χ4v) is 2.10. The second-order valence-corrected chi connectivity index (χ2v) is 5.19.